The van der Waals surface area contributed by atoms with Gasteiger partial charge in [-0.25, -0.2) is 8.42 Å². The van der Waals surface area contributed by atoms with Crippen LogP contribution in [0.1, 0.15) is 11.1 Å². The molecular weight excluding hydrogens is 357 g/mol. The normalized spacial score (nSPS) is 11.3. The van der Waals surface area contributed by atoms with E-state index in [2.05, 4.69) is 0 Å². The topological polar surface area (TPSA) is 54.5 Å². The smallest absolute Gasteiger partial charge is 0.264 e. The van der Waals surface area contributed by atoms with Crippen molar-refractivity contribution in [2.75, 3.05) is 10.8 Å². The molecule has 2 aromatic carbocycles. The minimum absolute atomic E-state index is 0.0913. The maximum absolute atomic E-state index is 12.9. The largest absolute Gasteiger partial charge is 0.279 e. The van der Waals surface area contributed by atoms with Crippen molar-refractivity contribution in [1.29, 1.82) is 0 Å². The lowest BCUT2D eigenvalue weighted by atomic mass is 10.2. The van der Waals surface area contributed by atoms with Gasteiger partial charge in [-0.1, -0.05) is 29.3 Å². The summed E-state index contributed by atoms with van der Waals surface area (Å²) < 4.78 is 26.7. The van der Waals surface area contributed by atoms with Gasteiger partial charge in [-0.05, 0) is 61.3 Å². The summed E-state index contributed by atoms with van der Waals surface area (Å²) in [6.07, 6.45) is 0. The van der Waals surface area contributed by atoms with E-state index in [-0.39, 0.29) is 4.90 Å². The summed E-state index contributed by atoms with van der Waals surface area (Å²) in [6.45, 7) is 3.16. The molecule has 0 saturated carbocycles. The molecule has 2 aromatic rings. The molecule has 0 heterocycles. The molecule has 4 nitrogen and oxygen atoms in total. The van der Waals surface area contributed by atoms with Crippen molar-refractivity contribution in [3.05, 3.63) is 58.6 Å². The second-order valence-electron chi connectivity index (χ2n) is 5.11. The second-order valence-corrected chi connectivity index (χ2v) is 7.80. The predicted molar refractivity (Wildman–Crippen MR) is 92.8 cm³/mol. The van der Waals surface area contributed by atoms with E-state index in [1.54, 1.807) is 37.3 Å². The number of nitrogens with zero attached hydrogens (tertiary/aromatic N) is 1. The molecule has 0 fully saturated rings. The number of carbonyl (C=O) groups is 1. The Labute approximate surface area is 145 Å². The van der Waals surface area contributed by atoms with Crippen molar-refractivity contribution in [2.45, 2.75) is 18.7 Å². The van der Waals surface area contributed by atoms with E-state index in [0.29, 0.717) is 16.3 Å². The maximum Gasteiger partial charge on any atom is 0.264 e. The third kappa shape index (κ3) is 4.05. The predicted octanol–water partition coefficient (Wildman–Crippen LogP) is 3.92. The number of halogens is 2. The lowest BCUT2D eigenvalue weighted by molar-refractivity contribution is -0.110. The van der Waals surface area contributed by atoms with Crippen LogP contribution in [0.15, 0.2) is 47.4 Å². The van der Waals surface area contributed by atoms with Gasteiger partial charge in [0.2, 0.25) is 5.24 Å². The molecule has 0 bridgehead atoms. The van der Waals surface area contributed by atoms with Gasteiger partial charge in [0, 0.05) is 5.02 Å². The van der Waals surface area contributed by atoms with Gasteiger partial charge in [0.15, 0.2) is 0 Å². The zero-order valence-corrected chi connectivity index (χ0v) is 14.9. The van der Waals surface area contributed by atoms with Crippen molar-refractivity contribution in [3.8, 4) is 0 Å². The minimum Gasteiger partial charge on any atom is -0.279 e. The zero-order chi connectivity index (χ0) is 17.2. The van der Waals surface area contributed by atoms with E-state index < -0.39 is 21.8 Å². The van der Waals surface area contributed by atoms with Crippen LogP contribution in [-0.4, -0.2) is 20.2 Å². The van der Waals surface area contributed by atoms with E-state index in [0.717, 1.165) is 9.87 Å². The quantitative estimate of drug-likeness (QED) is 0.748. The number of hydrogen-bond acceptors (Lipinski definition) is 3. The minimum atomic E-state index is -3.91. The number of benzene rings is 2. The van der Waals surface area contributed by atoms with Crippen molar-refractivity contribution in [2.24, 2.45) is 0 Å². The Kier molecular flexibility index (Phi) is 5.34. The van der Waals surface area contributed by atoms with Gasteiger partial charge in [0.25, 0.3) is 10.0 Å². The summed E-state index contributed by atoms with van der Waals surface area (Å²) in [7, 11) is -3.91. The van der Waals surface area contributed by atoms with Crippen LogP contribution < -0.4 is 4.31 Å². The number of rotatable bonds is 5. The average Bonchev–Trinajstić information content (AvgIpc) is 2.48. The van der Waals surface area contributed by atoms with Crippen LogP contribution in [0.25, 0.3) is 0 Å². The molecule has 0 saturated heterocycles. The van der Waals surface area contributed by atoms with E-state index >= 15 is 0 Å². The van der Waals surface area contributed by atoms with Gasteiger partial charge >= 0.3 is 0 Å². The lowest BCUT2D eigenvalue weighted by Crippen LogP contribution is -2.34. The molecule has 23 heavy (non-hydrogen) atoms. The third-order valence-electron chi connectivity index (χ3n) is 3.31. The highest BCUT2D eigenvalue weighted by molar-refractivity contribution is 7.92. The van der Waals surface area contributed by atoms with Crippen molar-refractivity contribution >= 4 is 44.2 Å². The first-order chi connectivity index (χ1) is 10.7. The van der Waals surface area contributed by atoms with Crippen molar-refractivity contribution in [1.82, 2.24) is 0 Å². The highest BCUT2D eigenvalue weighted by atomic mass is 35.5. The van der Waals surface area contributed by atoms with Gasteiger partial charge < -0.3 is 0 Å². The van der Waals surface area contributed by atoms with Crippen molar-refractivity contribution < 1.29 is 13.2 Å². The number of sulfonamides is 1. The summed E-state index contributed by atoms with van der Waals surface area (Å²) in [5.41, 5.74) is 1.98. The molecule has 0 aromatic heterocycles. The lowest BCUT2D eigenvalue weighted by Gasteiger charge is -2.23. The van der Waals surface area contributed by atoms with Gasteiger partial charge in [-0.3, -0.25) is 9.10 Å². The molecule has 0 aliphatic rings. The molecule has 0 amide bonds. The third-order valence-corrected chi connectivity index (χ3v) is 5.64. The van der Waals surface area contributed by atoms with Crippen LogP contribution in [0.5, 0.6) is 0 Å². The fourth-order valence-electron chi connectivity index (χ4n) is 2.05. The van der Waals surface area contributed by atoms with Gasteiger partial charge in [-0.15, -0.1) is 0 Å². The fraction of sp³-hybridized carbons (Fsp3) is 0.188. The van der Waals surface area contributed by atoms with Crippen molar-refractivity contribution in [3.63, 3.8) is 0 Å². The van der Waals surface area contributed by atoms with E-state index in [4.69, 9.17) is 23.2 Å². The summed E-state index contributed by atoms with van der Waals surface area (Å²) in [5.74, 6) is 0. The first-order valence-electron chi connectivity index (χ1n) is 6.75. The Morgan fingerprint density at radius 2 is 1.70 bits per heavy atom. The molecule has 0 unspecified atom stereocenters. The molecule has 122 valence electrons. The number of aryl methyl sites for hydroxylation is 2. The Balaban J connectivity index is 2.55. The first kappa shape index (κ1) is 17.8. The summed E-state index contributed by atoms with van der Waals surface area (Å²) >= 11 is 11.4. The number of hydrogen-bond donors (Lipinski definition) is 0. The molecule has 0 aliphatic carbocycles. The van der Waals surface area contributed by atoms with Crippen LogP contribution >= 0.6 is 23.2 Å². The molecular formula is C16H15Cl2NO3S. The highest BCUT2D eigenvalue weighted by Gasteiger charge is 2.26. The van der Waals surface area contributed by atoms with E-state index in [1.807, 2.05) is 6.92 Å². The SMILES string of the molecule is Cc1ccc(S(=O)(=O)N(CC(=O)Cl)c2ccc(Cl)c(C)c2)cc1. The second kappa shape index (κ2) is 6.91. The van der Waals surface area contributed by atoms with Crippen LogP contribution in [0.4, 0.5) is 5.69 Å². The van der Waals surface area contributed by atoms with E-state index in [1.165, 1.54) is 12.1 Å². The Morgan fingerprint density at radius 3 is 2.22 bits per heavy atom. The number of carbonyl (C=O) groups excluding carboxylic acids is 1. The Hall–Kier alpha value is -1.56. The Morgan fingerprint density at radius 1 is 1.09 bits per heavy atom. The van der Waals surface area contributed by atoms with Crippen LogP contribution in [-0.2, 0) is 14.8 Å². The van der Waals surface area contributed by atoms with E-state index in [9.17, 15) is 13.2 Å². The molecule has 0 N–H and O–H groups in total. The Bertz CT molecular complexity index is 833. The average molecular weight is 372 g/mol. The molecule has 0 spiro atoms. The fourth-order valence-corrected chi connectivity index (χ4v) is 3.77. The molecule has 0 atom stereocenters. The summed E-state index contributed by atoms with van der Waals surface area (Å²) in [6, 6.07) is 11.1. The van der Waals surface area contributed by atoms with Gasteiger partial charge in [0.05, 0.1) is 10.6 Å². The van der Waals surface area contributed by atoms with Crippen LogP contribution in [0.3, 0.4) is 0 Å². The van der Waals surface area contributed by atoms with Gasteiger partial charge in [0.1, 0.15) is 6.54 Å². The molecule has 0 aliphatic heterocycles. The van der Waals surface area contributed by atoms with Crippen LogP contribution in [0.2, 0.25) is 5.02 Å². The molecule has 2 rings (SSSR count). The molecule has 7 heteroatoms. The number of anilines is 1. The molecule has 0 radical (unpaired) electrons. The first-order valence-corrected chi connectivity index (χ1v) is 8.95. The summed E-state index contributed by atoms with van der Waals surface area (Å²) in [5, 5.41) is -0.257. The highest BCUT2D eigenvalue weighted by Crippen LogP contribution is 2.27. The van der Waals surface area contributed by atoms with Crippen LogP contribution in [0, 0.1) is 13.8 Å². The maximum atomic E-state index is 12.9. The monoisotopic (exact) mass is 371 g/mol. The van der Waals surface area contributed by atoms with Gasteiger partial charge in [-0.2, -0.15) is 0 Å². The standard InChI is InChI=1S/C16H15Cl2NO3S/c1-11-3-6-14(7-4-11)23(21,22)19(10-16(18)20)13-5-8-15(17)12(2)9-13/h3-9H,10H2,1-2H3. The summed E-state index contributed by atoms with van der Waals surface area (Å²) in [4.78, 5) is 11.4. The zero-order valence-electron chi connectivity index (χ0n) is 12.6.